The van der Waals surface area contributed by atoms with Gasteiger partial charge in [-0.05, 0) is 53.6 Å². The maximum absolute atomic E-state index is 6.02. The van der Waals surface area contributed by atoms with Crippen molar-refractivity contribution in [1.29, 1.82) is 0 Å². The Hall–Kier alpha value is -1.70. The molecule has 0 unspecified atom stereocenters. The number of ether oxygens (including phenoxy) is 1. The number of aromatic nitrogens is 4. The van der Waals surface area contributed by atoms with E-state index in [2.05, 4.69) is 50.6 Å². The lowest BCUT2D eigenvalue weighted by molar-refractivity contribution is 0.441. The zero-order valence-corrected chi connectivity index (χ0v) is 13.3. The SMILES string of the molecule is CCc1cc(Oc2cc(C)ccc2I)n2ncnc2n1. The molecular formula is C14H13IN4O. The maximum Gasteiger partial charge on any atom is 0.255 e. The molecule has 3 rings (SSSR count). The maximum atomic E-state index is 6.02. The average molecular weight is 380 g/mol. The van der Waals surface area contributed by atoms with Gasteiger partial charge in [0.25, 0.3) is 5.78 Å². The summed E-state index contributed by atoms with van der Waals surface area (Å²) in [6.07, 6.45) is 2.31. The van der Waals surface area contributed by atoms with Crippen LogP contribution in [0.15, 0.2) is 30.6 Å². The Kier molecular flexibility index (Phi) is 3.56. The predicted molar refractivity (Wildman–Crippen MR) is 84.1 cm³/mol. The van der Waals surface area contributed by atoms with Crippen molar-refractivity contribution >= 4 is 28.4 Å². The van der Waals surface area contributed by atoms with Gasteiger partial charge in [0.1, 0.15) is 12.1 Å². The first-order valence-electron chi connectivity index (χ1n) is 6.31. The van der Waals surface area contributed by atoms with Crippen molar-refractivity contribution < 1.29 is 4.74 Å². The van der Waals surface area contributed by atoms with E-state index in [1.807, 2.05) is 25.1 Å². The molecule has 6 heteroatoms. The summed E-state index contributed by atoms with van der Waals surface area (Å²) in [4.78, 5) is 8.53. The lowest BCUT2D eigenvalue weighted by atomic mass is 10.2. The number of rotatable bonds is 3. The predicted octanol–water partition coefficient (Wildman–Crippen LogP) is 3.39. The molecule has 0 saturated heterocycles. The van der Waals surface area contributed by atoms with Crippen LogP contribution in [0.5, 0.6) is 11.6 Å². The van der Waals surface area contributed by atoms with Gasteiger partial charge in [0.2, 0.25) is 5.88 Å². The summed E-state index contributed by atoms with van der Waals surface area (Å²) in [7, 11) is 0. The second-order valence-corrected chi connectivity index (χ2v) is 5.61. The first-order valence-corrected chi connectivity index (χ1v) is 7.39. The Morgan fingerprint density at radius 2 is 2.15 bits per heavy atom. The van der Waals surface area contributed by atoms with Gasteiger partial charge in [0.05, 0.1) is 3.57 Å². The summed E-state index contributed by atoms with van der Waals surface area (Å²) in [6.45, 7) is 4.09. The van der Waals surface area contributed by atoms with Gasteiger partial charge in [0, 0.05) is 11.8 Å². The molecule has 0 atom stereocenters. The molecule has 0 aliphatic carbocycles. The number of aryl methyl sites for hydroxylation is 2. The molecule has 2 heterocycles. The molecule has 0 spiro atoms. The summed E-state index contributed by atoms with van der Waals surface area (Å²) >= 11 is 2.26. The first kappa shape index (κ1) is 13.3. The molecule has 0 radical (unpaired) electrons. The van der Waals surface area contributed by atoms with Crippen LogP contribution in [0.3, 0.4) is 0 Å². The zero-order valence-electron chi connectivity index (χ0n) is 11.2. The molecule has 1 aromatic carbocycles. The highest BCUT2D eigenvalue weighted by molar-refractivity contribution is 14.1. The Labute approximate surface area is 130 Å². The largest absolute Gasteiger partial charge is 0.438 e. The van der Waals surface area contributed by atoms with E-state index in [0.29, 0.717) is 11.7 Å². The van der Waals surface area contributed by atoms with Crippen LogP contribution in [0, 0.1) is 10.5 Å². The summed E-state index contributed by atoms with van der Waals surface area (Å²) in [5.74, 6) is 2.01. The summed E-state index contributed by atoms with van der Waals surface area (Å²) < 4.78 is 8.68. The Morgan fingerprint density at radius 3 is 2.95 bits per heavy atom. The number of hydrogen-bond donors (Lipinski definition) is 0. The van der Waals surface area contributed by atoms with Crippen LogP contribution in [0.1, 0.15) is 18.2 Å². The van der Waals surface area contributed by atoms with Crippen LogP contribution < -0.4 is 4.74 Å². The normalized spacial score (nSPS) is 10.9. The average Bonchev–Trinajstić information content (AvgIpc) is 2.91. The lowest BCUT2D eigenvalue weighted by Crippen LogP contribution is -2.01. The minimum Gasteiger partial charge on any atom is -0.438 e. The number of nitrogens with zero attached hydrogens (tertiary/aromatic N) is 4. The number of fused-ring (bicyclic) bond motifs is 1. The van der Waals surface area contributed by atoms with Gasteiger partial charge < -0.3 is 4.74 Å². The van der Waals surface area contributed by atoms with E-state index < -0.39 is 0 Å². The van der Waals surface area contributed by atoms with Crippen LogP contribution in [0.25, 0.3) is 5.78 Å². The van der Waals surface area contributed by atoms with Gasteiger partial charge in [-0.15, -0.1) is 0 Å². The topological polar surface area (TPSA) is 52.3 Å². The first-order chi connectivity index (χ1) is 9.67. The number of hydrogen-bond acceptors (Lipinski definition) is 4. The standard InChI is InChI=1S/C14H13IN4O/c1-3-10-7-13(19-14(18-10)16-8-17-19)20-12-6-9(2)4-5-11(12)15/h4-8H,3H2,1-2H3. The zero-order chi connectivity index (χ0) is 14.1. The summed E-state index contributed by atoms with van der Waals surface area (Å²) in [6, 6.07) is 8.01. The highest BCUT2D eigenvalue weighted by Gasteiger charge is 2.10. The molecule has 2 aromatic heterocycles. The Morgan fingerprint density at radius 1 is 1.30 bits per heavy atom. The van der Waals surface area contributed by atoms with Crippen LogP contribution in [0.4, 0.5) is 0 Å². The summed E-state index contributed by atoms with van der Waals surface area (Å²) in [5.41, 5.74) is 2.09. The molecule has 5 nitrogen and oxygen atoms in total. The lowest BCUT2D eigenvalue weighted by Gasteiger charge is -2.10. The number of benzene rings is 1. The fourth-order valence-corrected chi connectivity index (χ4v) is 2.33. The van der Waals surface area contributed by atoms with Crippen molar-refractivity contribution in [2.24, 2.45) is 0 Å². The fraction of sp³-hybridized carbons (Fsp3) is 0.214. The van der Waals surface area contributed by atoms with Crippen molar-refractivity contribution in [3.05, 3.63) is 45.4 Å². The molecule has 20 heavy (non-hydrogen) atoms. The molecule has 0 amide bonds. The second-order valence-electron chi connectivity index (χ2n) is 4.45. The van der Waals surface area contributed by atoms with Gasteiger partial charge >= 0.3 is 0 Å². The molecule has 0 saturated carbocycles. The minimum atomic E-state index is 0.557. The minimum absolute atomic E-state index is 0.557. The fourth-order valence-electron chi connectivity index (χ4n) is 1.89. The molecular weight excluding hydrogens is 367 g/mol. The molecule has 0 bridgehead atoms. The van der Waals surface area contributed by atoms with E-state index in [4.69, 9.17) is 4.74 Å². The van der Waals surface area contributed by atoms with E-state index in [-0.39, 0.29) is 0 Å². The van der Waals surface area contributed by atoms with Gasteiger partial charge in [-0.25, -0.2) is 4.98 Å². The van der Waals surface area contributed by atoms with Crippen LogP contribution in [0.2, 0.25) is 0 Å². The van der Waals surface area contributed by atoms with Gasteiger partial charge in [-0.2, -0.15) is 14.6 Å². The monoisotopic (exact) mass is 380 g/mol. The molecule has 0 aliphatic heterocycles. The third-order valence-corrected chi connectivity index (χ3v) is 3.83. The summed E-state index contributed by atoms with van der Waals surface area (Å²) in [5, 5.41) is 4.16. The van der Waals surface area contributed by atoms with Crippen molar-refractivity contribution in [2.45, 2.75) is 20.3 Å². The van der Waals surface area contributed by atoms with E-state index >= 15 is 0 Å². The van der Waals surface area contributed by atoms with Crippen molar-refractivity contribution in [1.82, 2.24) is 19.6 Å². The van der Waals surface area contributed by atoms with E-state index in [1.165, 1.54) is 6.33 Å². The van der Waals surface area contributed by atoms with Crippen LogP contribution >= 0.6 is 22.6 Å². The van der Waals surface area contributed by atoms with E-state index in [9.17, 15) is 0 Å². The van der Waals surface area contributed by atoms with Gasteiger partial charge in [0.15, 0.2) is 0 Å². The Bertz CT molecular complexity index is 769. The van der Waals surface area contributed by atoms with E-state index in [0.717, 1.165) is 27.0 Å². The third kappa shape index (κ3) is 2.47. The third-order valence-electron chi connectivity index (χ3n) is 2.94. The van der Waals surface area contributed by atoms with Crippen LogP contribution in [-0.2, 0) is 6.42 Å². The van der Waals surface area contributed by atoms with Crippen molar-refractivity contribution in [2.75, 3.05) is 0 Å². The molecule has 3 aromatic rings. The molecule has 0 fully saturated rings. The van der Waals surface area contributed by atoms with Crippen LogP contribution in [-0.4, -0.2) is 19.6 Å². The second kappa shape index (κ2) is 5.35. The highest BCUT2D eigenvalue weighted by Crippen LogP contribution is 2.28. The van der Waals surface area contributed by atoms with Gasteiger partial charge in [-0.3, -0.25) is 0 Å². The molecule has 102 valence electrons. The van der Waals surface area contributed by atoms with Crippen molar-refractivity contribution in [3.8, 4) is 11.6 Å². The Balaban J connectivity index is 2.09. The molecule has 0 N–H and O–H groups in total. The smallest absolute Gasteiger partial charge is 0.255 e. The number of halogens is 1. The quantitative estimate of drug-likeness (QED) is 0.654. The van der Waals surface area contributed by atoms with Gasteiger partial charge in [-0.1, -0.05) is 13.0 Å². The van der Waals surface area contributed by atoms with E-state index in [1.54, 1.807) is 4.52 Å². The molecule has 0 aliphatic rings. The highest BCUT2D eigenvalue weighted by atomic mass is 127. The van der Waals surface area contributed by atoms with Crippen molar-refractivity contribution in [3.63, 3.8) is 0 Å².